The summed E-state index contributed by atoms with van der Waals surface area (Å²) >= 11 is 12.5. The second-order valence-electron chi connectivity index (χ2n) is 9.12. The lowest BCUT2D eigenvalue weighted by molar-refractivity contribution is -0.145. The Morgan fingerprint density at radius 1 is 0.975 bits per heavy atom. The molecule has 0 radical (unpaired) electrons. The van der Waals surface area contributed by atoms with E-state index in [0.29, 0.717) is 16.3 Å². The van der Waals surface area contributed by atoms with Crippen molar-refractivity contribution in [2.24, 2.45) is 0 Å². The molecule has 7 nitrogen and oxygen atoms in total. The third kappa shape index (κ3) is 7.20. The summed E-state index contributed by atoms with van der Waals surface area (Å²) in [5, 5.41) is 3.53. The molecular weight excluding hydrogens is 558 g/mol. The molecule has 0 aromatic heterocycles. The van der Waals surface area contributed by atoms with Crippen LogP contribution in [0, 0.1) is 5.82 Å². The number of nitrogens with zero attached hydrogens (tertiary/aromatic N) is 1. The van der Waals surface area contributed by atoms with Crippen LogP contribution in [0.3, 0.4) is 0 Å². The zero-order valence-electron chi connectivity index (χ0n) is 21.7. The van der Waals surface area contributed by atoms with E-state index in [4.69, 9.17) is 32.7 Å². The normalized spacial score (nSPS) is 15.1. The molecule has 0 aliphatic carbocycles. The van der Waals surface area contributed by atoms with Gasteiger partial charge in [-0.25, -0.2) is 14.0 Å². The molecule has 1 aliphatic heterocycles. The van der Waals surface area contributed by atoms with Gasteiger partial charge >= 0.3 is 18.0 Å². The number of urea groups is 1. The van der Waals surface area contributed by atoms with Crippen LogP contribution >= 0.6 is 23.2 Å². The number of carbonyl (C=O) groups excluding carboxylic acids is 3. The third-order valence-corrected chi connectivity index (χ3v) is 6.97. The molecule has 1 heterocycles. The minimum atomic E-state index is -0.873. The molecule has 0 saturated heterocycles. The number of halogens is 3. The topological polar surface area (TPSA) is 84.9 Å². The Morgan fingerprint density at radius 3 is 2.42 bits per heavy atom. The van der Waals surface area contributed by atoms with Gasteiger partial charge in [0.1, 0.15) is 19.0 Å². The van der Waals surface area contributed by atoms with E-state index < -0.39 is 29.8 Å². The molecule has 1 atom stereocenters. The average Bonchev–Trinajstić information content (AvgIpc) is 2.93. The lowest BCUT2D eigenvalue weighted by atomic mass is 9.94. The van der Waals surface area contributed by atoms with Crippen molar-refractivity contribution in [3.8, 4) is 0 Å². The molecule has 1 N–H and O–H groups in total. The fourth-order valence-corrected chi connectivity index (χ4v) is 4.83. The predicted octanol–water partition coefficient (Wildman–Crippen LogP) is 6.74. The van der Waals surface area contributed by atoms with Crippen molar-refractivity contribution in [3.05, 3.63) is 117 Å². The van der Waals surface area contributed by atoms with Gasteiger partial charge in [-0.15, -0.1) is 0 Å². The first kappa shape index (κ1) is 29.1. The number of esters is 2. The van der Waals surface area contributed by atoms with Crippen LogP contribution in [0.2, 0.25) is 10.0 Å². The van der Waals surface area contributed by atoms with Crippen LogP contribution in [0.5, 0.6) is 0 Å². The van der Waals surface area contributed by atoms with Gasteiger partial charge in [-0.2, -0.15) is 0 Å². The van der Waals surface area contributed by atoms with Crippen LogP contribution in [0.1, 0.15) is 42.5 Å². The van der Waals surface area contributed by atoms with Crippen molar-refractivity contribution in [1.29, 1.82) is 0 Å². The number of nitrogens with one attached hydrogen (secondary N) is 1. The molecule has 3 aromatic rings. The van der Waals surface area contributed by atoms with Gasteiger partial charge < -0.3 is 14.8 Å². The standard InChI is InChI=1S/C30H27Cl2FN2O5/c1-19-27(29(37)40-17-20-8-3-2-4-9-20)28(23-14-13-22(31)16-24(23)32)34-30(38)35(19)15-7-12-26(36)39-18-21-10-5-6-11-25(21)33/h2-6,8-11,13-14,16,28H,7,12,15,17-18H2,1H3,(H,34,38). The third-order valence-electron chi connectivity index (χ3n) is 6.41. The van der Waals surface area contributed by atoms with E-state index in [1.54, 1.807) is 31.2 Å². The summed E-state index contributed by atoms with van der Waals surface area (Å²) in [7, 11) is 0. The quantitative estimate of drug-likeness (QED) is 0.267. The molecule has 1 aliphatic rings. The summed E-state index contributed by atoms with van der Waals surface area (Å²) in [6, 6.07) is 18.7. The van der Waals surface area contributed by atoms with Gasteiger partial charge in [-0.1, -0.05) is 77.8 Å². The Morgan fingerprint density at radius 2 is 1.70 bits per heavy atom. The van der Waals surface area contributed by atoms with E-state index >= 15 is 0 Å². The van der Waals surface area contributed by atoms with Crippen molar-refractivity contribution in [2.75, 3.05) is 6.54 Å². The van der Waals surface area contributed by atoms with Gasteiger partial charge in [-0.3, -0.25) is 9.69 Å². The maximum atomic E-state index is 13.8. The maximum absolute atomic E-state index is 13.8. The molecule has 0 saturated carbocycles. The predicted molar refractivity (Wildman–Crippen MR) is 149 cm³/mol. The minimum Gasteiger partial charge on any atom is -0.461 e. The second kappa shape index (κ2) is 13.5. The van der Waals surface area contributed by atoms with Crippen LogP contribution in [-0.2, 0) is 32.3 Å². The number of ether oxygens (including phenoxy) is 2. The van der Waals surface area contributed by atoms with E-state index in [0.717, 1.165) is 5.56 Å². The smallest absolute Gasteiger partial charge is 0.338 e. The van der Waals surface area contributed by atoms with Crippen molar-refractivity contribution in [2.45, 2.75) is 39.0 Å². The Hall–Kier alpha value is -3.88. The fourth-order valence-electron chi connectivity index (χ4n) is 4.31. The first-order chi connectivity index (χ1) is 19.2. The zero-order valence-corrected chi connectivity index (χ0v) is 23.2. The zero-order chi connectivity index (χ0) is 28.6. The number of amides is 2. The van der Waals surface area contributed by atoms with Crippen LogP contribution in [0.25, 0.3) is 0 Å². The Labute approximate surface area is 241 Å². The fraction of sp³-hybridized carbons (Fsp3) is 0.233. The molecule has 1 unspecified atom stereocenters. The molecule has 0 bridgehead atoms. The number of benzene rings is 3. The summed E-state index contributed by atoms with van der Waals surface area (Å²) in [5.41, 5.74) is 2.15. The number of carbonyl (C=O) groups is 3. The van der Waals surface area contributed by atoms with Gasteiger partial charge in [0, 0.05) is 34.3 Å². The first-order valence-electron chi connectivity index (χ1n) is 12.6. The van der Waals surface area contributed by atoms with E-state index in [1.165, 1.54) is 23.1 Å². The van der Waals surface area contributed by atoms with Gasteiger partial charge in [0.05, 0.1) is 11.6 Å². The number of hydrogen-bond donors (Lipinski definition) is 1. The van der Waals surface area contributed by atoms with E-state index in [9.17, 15) is 18.8 Å². The molecule has 208 valence electrons. The van der Waals surface area contributed by atoms with Crippen LogP contribution in [-0.4, -0.2) is 29.4 Å². The largest absolute Gasteiger partial charge is 0.461 e. The molecule has 0 fully saturated rings. The van der Waals surface area contributed by atoms with Crippen molar-refractivity contribution in [1.82, 2.24) is 10.2 Å². The molecule has 10 heteroatoms. The maximum Gasteiger partial charge on any atom is 0.338 e. The van der Waals surface area contributed by atoms with Crippen molar-refractivity contribution < 1.29 is 28.2 Å². The van der Waals surface area contributed by atoms with Crippen molar-refractivity contribution >= 4 is 41.2 Å². The second-order valence-corrected chi connectivity index (χ2v) is 9.96. The number of hydrogen-bond acceptors (Lipinski definition) is 5. The Bertz CT molecular complexity index is 1430. The van der Waals surface area contributed by atoms with Gasteiger partial charge in [0.25, 0.3) is 0 Å². The van der Waals surface area contributed by atoms with E-state index in [1.807, 2.05) is 30.3 Å². The average molecular weight is 585 g/mol. The monoisotopic (exact) mass is 584 g/mol. The van der Waals surface area contributed by atoms with E-state index in [-0.39, 0.29) is 48.8 Å². The Kier molecular flexibility index (Phi) is 9.79. The summed E-state index contributed by atoms with van der Waals surface area (Å²) in [6.07, 6.45) is 0.241. The van der Waals surface area contributed by atoms with E-state index in [2.05, 4.69) is 5.32 Å². The highest BCUT2D eigenvalue weighted by Gasteiger charge is 2.37. The minimum absolute atomic E-state index is 0.00819. The molecular formula is C30H27Cl2FN2O5. The lowest BCUT2D eigenvalue weighted by Crippen LogP contribution is -2.48. The molecule has 3 aromatic carbocycles. The molecule has 4 rings (SSSR count). The summed E-state index contributed by atoms with van der Waals surface area (Å²) in [5.74, 6) is -1.61. The highest BCUT2D eigenvalue weighted by atomic mass is 35.5. The van der Waals surface area contributed by atoms with Crippen LogP contribution in [0.4, 0.5) is 9.18 Å². The summed E-state index contributed by atoms with van der Waals surface area (Å²) in [4.78, 5) is 40.2. The Balaban J connectivity index is 1.49. The van der Waals surface area contributed by atoms with Crippen LogP contribution < -0.4 is 5.32 Å². The first-order valence-corrected chi connectivity index (χ1v) is 13.3. The lowest BCUT2D eigenvalue weighted by Gasteiger charge is -2.35. The number of rotatable bonds is 10. The SMILES string of the molecule is CC1=C(C(=O)OCc2ccccc2)C(c2ccc(Cl)cc2Cl)NC(=O)N1CCCC(=O)OCc1ccccc1F. The van der Waals surface area contributed by atoms with Crippen LogP contribution in [0.15, 0.2) is 84.1 Å². The molecule has 40 heavy (non-hydrogen) atoms. The van der Waals surface area contributed by atoms with Gasteiger partial charge in [-0.05, 0) is 42.7 Å². The summed E-state index contributed by atoms with van der Waals surface area (Å²) in [6.45, 7) is 1.63. The highest BCUT2D eigenvalue weighted by Crippen LogP contribution is 2.36. The molecule has 2 amide bonds. The van der Waals surface area contributed by atoms with Gasteiger partial charge in [0.2, 0.25) is 0 Å². The van der Waals surface area contributed by atoms with Gasteiger partial charge in [0.15, 0.2) is 0 Å². The van der Waals surface area contributed by atoms with Crippen molar-refractivity contribution in [3.63, 3.8) is 0 Å². The number of allylic oxidation sites excluding steroid dienone is 1. The molecule has 0 spiro atoms. The highest BCUT2D eigenvalue weighted by molar-refractivity contribution is 6.35. The summed E-state index contributed by atoms with van der Waals surface area (Å²) < 4.78 is 24.6.